The largest absolute Gasteiger partial charge is 0.465 e. The van der Waals surface area contributed by atoms with Crippen molar-refractivity contribution in [1.29, 1.82) is 0 Å². The van der Waals surface area contributed by atoms with Crippen LogP contribution in [0.3, 0.4) is 0 Å². The number of nitrogens with zero attached hydrogens (tertiary/aromatic N) is 1. The van der Waals surface area contributed by atoms with Crippen LogP contribution in [0.2, 0.25) is 0 Å². The van der Waals surface area contributed by atoms with Crippen molar-refractivity contribution in [3.8, 4) is 11.5 Å². The number of aromatic nitrogens is 1. The van der Waals surface area contributed by atoms with Gasteiger partial charge in [0.1, 0.15) is 5.52 Å². The van der Waals surface area contributed by atoms with E-state index in [2.05, 4.69) is 4.98 Å². The van der Waals surface area contributed by atoms with Gasteiger partial charge in [0.05, 0.1) is 12.7 Å². The summed E-state index contributed by atoms with van der Waals surface area (Å²) < 4.78 is 10.5. The highest BCUT2D eigenvalue weighted by molar-refractivity contribution is 6.01. The first-order valence-corrected chi connectivity index (χ1v) is 6.24. The first-order chi connectivity index (χ1) is 9.69. The van der Waals surface area contributed by atoms with Gasteiger partial charge in [-0.3, -0.25) is 0 Å². The zero-order chi connectivity index (χ0) is 14.1. The van der Waals surface area contributed by atoms with Crippen molar-refractivity contribution in [1.82, 2.24) is 4.98 Å². The van der Waals surface area contributed by atoms with Gasteiger partial charge in [0, 0.05) is 5.56 Å². The molecule has 0 unspecified atom stereocenters. The second-order valence-corrected chi connectivity index (χ2v) is 4.53. The van der Waals surface area contributed by atoms with Crippen LogP contribution in [0.15, 0.2) is 46.9 Å². The Morgan fingerprint density at radius 3 is 2.60 bits per heavy atom. The van der Waals surface area contributed by atoms with Gasteiger partial charge in [0.2, 0.25) is 5.89 Å². The molecule has 4 nitrogen and oxygen atoms in total. The minimum Gasteiger partial charge on any atom is -0.465 e. The van der Waals surface area contributed by atoms with Gasteiger partial charge in [0.25, 0.3) is 0 Å². The van der Waals surface area contributed by atoms with Crippen molar-refractivity contribution in [3.63, 3.8) is 0 Å². The van der Waals surface area contributed by atoms with E-state index in [1.165, 1.54) is 12.7 Å². The molecule has 0 saturated carbocycles. The van der Waals surface area contributed by atoms with E-state index in [0.29, 0.717) is 22.6 Å². The van der Waals surface area contributed by atoms with Crippen LogP contribution in [0.25, 0.3) is 22.6 Å². The van der Waals surface area contributed by atoms with Crippen LogP contribution in [0.1, 0.15) is 15.9 Å². The molecule has 2 aromatic carbocycles. The van der Waals surface area contributed by atoms with Gasteiger partial charge in [-0.25, -0.2) is 9.78 Å². The van der Waals surface area contributed by atoms with Gasteiger partial charge in [-0.15, -0.1) is 0 Å². The van der Waals surface area contributed by atoms with Gasteiger partial charge in [0.15, 0.2) is 5.58 Å². The fraction of sp³-hybridized carbons (Fsp3) is 0.125. The monoisotopic (exact) mass is 267 g/mol. The van der Waals surface area contributed by atoms with Gasteiger partial charge in [-0.2, -0.15) is 0 Å². The maximum atomic E-state index is 11.7. The molecule has 0 aliphatic carbocycles. The van der Waals surface area contributed by atoms with E-state index in [1.807, 2.05) is 31.2 Å². The van der Waals surface area contributed by atoms with Gasteiger partial charge >= 0.3 is 5.97 Å². The van der Waals surface area contributed by atoms with E-state index in [9.17, 15) is 4.79 Å². The molecule has 0 saturated heterocycles. The van der Waals surface area contributed by atoms with Crippen LogP contribution in [-0.4, -0.2) is 18.1 Å². The molecule has 100 valence electrons. The Morgan fingerprint density at radius 1 is 1.15 bits per heavy atom. The van der Waals surface area contributed by atoms with Crippen LogP contribution in [0.4, 0.5) is 0 Å². The molecule has 0 amide bonds. The third-order valence-electron chi connectivity index (χ3n) is 3.12. The van der Waals surface area contributed by atoms with Crippen LogP contribution >= 0.6 is 0 Å². The second kappa shape index (κ2) is 4.81. The van der Waals surface area contributed by atoms with Crippen LogP contribution < -0.4 is 0 Å². The van der Waals surface area contributed by atoms with Crippen LogP contribution in [0, 0.1) is 6.92 Å². The summed E-state index contributed by atoms with van der Waals surface area (Å²) in [6.07, 6.45) is 0. The highest BCUT2D eigenvalue weighted by Gasteiger charge is 2.16. The van der Waals surface area contributed by atoms with Crippen molar-refractivity contribution < 1.29 is 13.9 Å². The number of rotatable bonds is 2. The van der Waals surface area contributed by atoms with Gasteiger partial charge in [-0.1, -0.05) is 23.8 Å². The molecular weight excluding hydrogens is 254 g/mol. The Kier molecular flexibility index (Phi) is 2.99. The van der Waals surface area contributed by atoms with Gasteiger partial charge < -0.3 is 9.15 Å². The maximum absolute atomic E-state index is 11.7. The number of esters is 1. The first-order valence-electron chi connectivity index (χ1n) is 6.24. The van der Waals surface area contributed by atoms with Crippen LogP contribution in [0.5, 0.6) is 0 Å². The summed E-state index contributed by atoms with van der Waals surface area (Å²) in [6, 6.07) is 13.1. The number of oxazole rings is 1. The Hall–Kier alpha value is -2.62. The van der Waals surface area contributed by atoms with E-state index >= 15 is 0 Å². The molecule has 0 bridgehead atoms. The molecule has 20 heavy (non-hydrogen) atoms. The zero-order valence-electron chi connectivity index (χ0n) is 11.2. The Labute approximate surface area is 116 Å². The molecule has 0 aliphatic rings. The van der Waals surface area contributed by atoms with E-state index in [0.717, 1.165) is 5.56 Å². The number of carbonyl (C=O) groups excluding carboxylic acids is 1. The van der Waals surface area contributed by atoms with Crippen molar-refractivity contribution in [2.45, 2.75) is 6.92 Å². The van der Waals surface area contributed by atoms with E-state index in [-0.39, 0.29) is 0 Å². The number of fused-ring (bicyclic) bond motifs is 1. The summed E-state index contributed by atoms with van der Waals surface area (Å²) >= 11 is 0. The molecule has 0 aliphatic heterocycles. The summed E-state index contributed by atoms with van der Waals surface area (Å²) in [5.41, 5.74) is 3.55. The third kappa shape index (κ3) is 2.05. The lowest BCUT2D eigenvalue weighted by molar-refractivity contribution is 0.0603. The summed E-state index contributed by atoms with van der Waals surface area (Å²) in [7, 11) is 1.35. The lowest BCUT2D eigenvalue weighted by Gasteiger charge is -1.97. The summed E-state index contributed by atoms with van der Waals surface area (Å²) in [5, 5.41) is 0. The fourth-order valence-electron chi connectivity index (χ4n) is 2.04. The second-order valence-electron chi connectivity index (χ2n) is 4.53. The molecular formula is C16H13NO3. The normalized spacial score (nSPS) is 10.7. The third-order valence-corrected chi connectivity index (χ3v) is 3.12. The van der Waals surface area contributed by atoms with Crippen molar-refractivity contribution >= 4 is 17.1 Å². The molecule has 0 atom stereocenters. The lowest BCUT2D eigenvalue weighted by atomic mass is 10.1. The van der Waals surface area contributed by atoms with Crippen molar-refractivity contribution in [3.05, 3.63) is 53.6 Å². The Balaban J connectivity index is 2.15. The predicted octanol–water partition coefficient (Wildman–Crippen LogP) is 3.59. The van der Waals surface area contributed by atoms with Crippen molar-refractivity contribution in [2.24, 2.45) is 0 Å². The smallest absolute Gasteiger partial charge is 0.340 e. The Bertz CT molecular complexity index is 772. The number of methoxy groups -OCH3 is 1. The molecule has 0 fully saturated rings. The van der Waals surface area contributed by atoms with Crippen molar-refractivity contribution in [2.75, 3.05) is 7.11 Å². The fourth-order valence-corrected chi connectivity index (χ4v) is 2.04. The topological polar surface area (TPSA) is 52.3 Å². The maximum Gasteiger partial charge on any atom is 0.340 e. The molecule has 0 N–H and O–H groups in total. The molecule has 1 heterocycles. The highest BCUT2D eigenvalue weighted by atomic mass is 16.5. The number of benzene rings is 2. The average molecular weight is 267 g/mol. The zero-order valence-corrected chi connectivity index (χ0v) is 11.2. The number of aryl methyl sites for hydroxylation is 1. The standard InChI is InChI=1S/C16H13NO3/c1-10-6-8-11(9-7-10)15-17-14-12(16(18)19-2)4-3-5-13(14)20-15/h3-9H,1-2H3. The molecule has 0 spiro atoms. The first kappa shape index (κ1) is 12.4. The highest BCUT2D eigenvalue weighted by Crippen LogP contribution is 2.26. The summed E-state index contributed by atoms with van der Waals surface area (Å²) in [6.45, 7) is 2.02. The van der Waals surface area contributed by atoms with Crippen LogP contribution in [-0.2, 0) is 4.74 Å². The number of para-hydroxylation sites is 1. The number of hydrogen-bond donors (Lipinski definition) is 0. The number of ether oxygens (including phenoxy) is 1. The molecule has 0 radical (unpaired) electrons. The Morgan fingerprint density at radius 2 is 1.90 bits per heavy atom. The SMILES string of the molecule is COC(=O)c1cccc2oc(-c3ccc(C)cc3)nc12. The average Bonchev–Trinajstić information content (AvgIpc) is 2.91. The predicted molar refractivity (Wildman–Crippen MR) is 75.5 cm³/mol. The quantitative estimate of drug-likeness (QED) is 0.666. The minimum absolute atomic E-state index is 0.409. The lowest BCUT2D eigenvalue weighted by Crippen LogP contribution is -2.01. The molecule has 1 aromatic heterocycles. The van der Waals surface area contributed by atoms with E-state index in [1.54, 1.807) is 18.2 Å². The van der Waals surface area contributed by atoms with E-state index < -0.39 is 5.97 Å². The van der Waals surface area contributed by atoms with E-state index in [4.69, 9.17) is 9.15 Å². The molecule has 3 aromatic rings. The minimum atomic E-state index is -0.417. The van der Waals surface area contributed by atoms with Gasteiger partial charge in [-0.05, 0) is 31.2 Å². The summed E-state index contributed by atoms with van der Waals surface area (Å²) in [5.74, 6) is 0.0794. The summed E-state index contributed by atoms with van der Waals surface area (Å²) in [4.78, 5) is 16.1. The number of hydrogen-bond acceptors (Lipinski definition) is 4. The molecule has 3 rings (SSSR count). The number of carbonyl (C=O) groups is 1. The molecule has 4 heteroatoms.